The lowest BCUT2D eigenvalue weighted by atomic mass is 10.2. The molecule has 0 aliphatic carbocycles. The summed E-state index contributed by atoms with van der Waals surface area (Å²) in [6, 6.07) is 1.81. The molecular formula is C17H25N5OS. The van der Waals surface area contributed by atoms with Crippen molar-refractivity contribution >= 4 is 23.4 Å². The molecule has 130 valence electrons. The molecule has 0 spiro atoms. The first kappa shape index (κ1) is 17.2. The molecule has 3 heterocycles. The van der Waals surface area contributed by atoms with E-state index in [0.29, 0.717) is 11.5 Å². The minimum atomic E-state index is -0.0571. The summed E-state index contributed by atoms with van der Waals surface area (Å²) in [5.74, 6) is 2.27. The fourth-order valence-electron chi connectivity index (χ4n) is 3.00. The molecule has 0 aromatic carbocycles. The van der Waals surface area contributed by atoms with Gasteiger partial charge in [0.25, 0.3) is 0 Å². The zero-order valence-corrected chi connectivity index (χ0v) is 15.0. The normalized spacial score (nSPS) is 16.5. The van der Waals surface area contributed by atoms with Crippen LogP contribution in [0, 0.1) is 0 Å². The molecule has 2 aromatic heterocycles. The number of imidazole rings is 1. The van der Waals surface area contributed by atoms with E-state index in [1.54, 1.807) is 18.0 Å². The van der Waals surface area contributed by atoms with Crippen LogP contribution in [0.15, 0.2) is 24.7 Å². The van der Waals surface area contributed by atoms with E-state index in [-0.39, 0.29) is 11.9 Å². The van der Waals surface area contributed by atoms with Crippen molar-refractivity contribution < 1.29 is 4.79 Å². The third-order valence-electron chi connectivity index (χ3n) is 4.34. The number of thioether (sulfide) groups is 1. The molecule has 0 saturated carbocycles. The highest BCUT2D eigenvalue weighted by atomic mass is 32.2. The molecule has 0 bridgehead atoms. The second kappa shape index (κ2) is 8.48. The first-order chi connectivity index (χ1) is 11.8. The molecule has 1 fully saturated rings. The number of amides is 1. The van der Waals surface area contributed by atoms with E-state index in [1.165, 1.54) is 25.9 Å². The van der Waals surface area contributed by atoms with Crippen molar-refractivity contribution in [3.8, 4) is 0 Å². The van der Waals surface area contributed by atoms with Crippen LogP contribution in [-0.4, -0.2) is 56.3 Å². The summed E-state index contributed by atoms with van der Waals surface area (Å²) in [4.78, 5) is 23.4. The highest BCUT2D eigenvalue weighted by molar-refractivity contribution is 7.99. The van der Waals surface area contributed by atoms with Crippen LogP contribution in [0.4, 0.5) is 0 Å². The van der Waals surface area contributed by atoms with Crippen molar-refractivity contribution in [1.82, 2.24) is 24.6 Å². The standard InChI is InChI=1S/C17H25N5OS/c1-2-14(15-12-22-9-5-6-18-17(22)20-15)19-16(23)13-24-11-10-21-7-3-4-8-21/h5-6,9,12,14H,2-4,7-8,10-11,13H2,1H3,(H,19,23)/t14-/m1/s1. The molecule has 7 heteroatoms. The maximum atomic E-state index is 12.2. The average molecular weight is 347 g/mol. The molecule has 1 aliphatic rings. The summed E-state index contributed by atoms with van der Waals surface area (Å²) in [7, 11) is 0. The number of aromatic nitrogens is 3. The zero-order chi connectivity index (χ0) is 16.8. The molecule has 0 unspecified atom stereocenters. The van der Waals surface area contributed by atoms with Crippen LogP contribution in [0.1, 0.15) is 37.9 Å². The Morgan fingerprint density at radius 1 is 1.42 bits per heavy atom. The predicted molar refractivity (Wildman–Crippen MR) is 97.2 cm³/mol. The van der Waals surface area contributed by atoms with Gasteiger partial charge in [-0.15, -0.1) is 0 Å². The number of nitrogens with one attached hydrogen (secondary N) is 1. The van der Waals surface area contributed by atoms with Gasteiger partial charge >= 0.3 is 0 Å². The van der Waals surface area contributed by atoms with Gasteiger partial charge in [-0.1, -0.05) is 6.92 Å². The van der Waals surface area contributed by atoms with Gasteiger partial charge in [0.2, 0.25) is 11.7 Å². The number of carbonyl (C=O) groups is 1. The number of carbonyl (C=O) groups excluding carboxylic acids is 1. The quantitative estimate of drug-likeness (QED) is 0.741. The third kappa shape index (κ3) is 4.48. The first-order valence-electron chi connectivity index (χ1n) is 8.65. The summed E-state index contributed by atoms with van der Waals surface area (Å²) in [5, 5.41) is 3.10. The average Bonchev–Trinajstić information content (AvgIpc) is 3.25. The van der Waals surface area contributed by atoms with E-state index < -0.39 is 0 Å². The molecule has 24 heavy (non-hydrogen) atoms. The molecule has 6 nitrogen and oxygen atoms in total. The van der Waals surface area contributed by atoms with Gasteiger partial charge in [0.15, 0.2) is 0 Å². The number of rotatable bonds is 8. The Kier molecular flexibility index (Phi) is 6.09. The van der Waals surface area contributed by atoms with Crippen LogP contribution in [0.5, 0.6) is 0 Å². The van der Waals surface area contributed by atoms with E-state index in [2.05, 4.69) is 27.1 Å². The first-order valence-corrected chi connectivity index (χ1v) is 9.81. The molecular weight excluding hydrogens is 322 g/mol. The third-order valence-corrected chi connectivity index (χ3v) is 5.28. The van der Waals surface area contributed by atoms with E-state index in [1.807, 2.05) is 22.9 Å². The van der Waals surface area contributed by atoms with Gasteiger partial charge in [0.05, 0.1) is 17.5 Å². The van der Waals surface area contributed by atoms with Crippen LogP contribution >= 0.6 is 11.8 Å². The van der Waals surface area contributed by atoms with Crippen LogP contribution in [-0.2, 0) is 4.79 Å². The number of hydrogen-bond donors (Lipinski definition) is 1. The molecule has 2 aromatic rings. The van der Waals surface area contributed by atoms with Crippen LogP contribution in [0.2, 0.25) is 0 Å². The van der Waals surface area contributed by atoms with Crippen LogP contribution < -0.4 is 5.32 Å². The topological polar surface area (TPSA) is 62.5 Å². The summed E-state index contributed by atoms with van der Waals surface area (Å²) in [6.07, 6.45) is 9.03. The number of hydrogen-bond acceptors (Lipinski definition) is 5. The smallest absolute Gasteiger partial charge is 0.233 e. The lowest BCUT2D eigenvalue weighted by Crippen LogP contribution is -2.30. The monoisotopic (exact) mass is 347 g/mol. The van der Waals surface area contributed by atoms with Gasteiger partial charge in [-0.3, -0.25) is 9.20 Å². The van der Waals surface area contributed by atoms with E-state index in [0.717, 1.165) is 24.4 Å². The Morgan fingerprint density at radius 3 is 3.00 bits per heavy atom. The van der Waals surface area contributed by atoms with Crippen molar-refractivity contribution in [2.24, 2.45) is 0 Å². The fourth-order valence-corrected chi connectivity index (χ4v) is 3.80. The molecule has 3 rings (SSSR count). The Morgan fingerprint density at radius 2 is 2.25 bits per heavy atom. The van der Waals surface area contributed by atoms with Gasteiger partial charge in [0.1, 0.15) is 0 Å². The molecule has 1 saturated heterocycles. The van der Waals surface area contributed by atoms with Crippen molar-refractivity contribution in [3.63, 3.8) is 0 Å². The molecule has 1 N–H and O–H groups in total. The number of nitrogens with zero attached hydrogens (tertiary/aromatic N) is 4. The Labute approximate surface area is 147 Å². The summed E-state index contributed by atoms with van der Waals surface area (Å²) in [5.41, 5.74) is 0.867. The lowest BCUT2D eigenvalue weighted by Gasteiger charge is -2.16. The van der Waals surface area contributed by atoms with Gasteiger partial charge < -0.3 is 10.2 Å². The number of fused-ring (bicyclic) bond motifs is 1. The largest absolute Gasteiger partial charge is 0.347 e. The maximum Gasteiger partial charge on any atom is 0.233 e. The van der Waals surface area contributed by atoms with E-state index >= 15 is 0 Å². The highest BCUT2D eigenvalue weighted by Gasteiger charge is 2.16. The maximum absolute atomic E-state index is 12.2. The summed E-state index contributed by atoms with van der Waals surface area (Å²) >= 11 is 1.71. The van der Waals surface area contributed by atoms with Crippen molar-refractivity contribution in [3.05, 3.63) is 30.4 Å². The Bertz CT molecular complexity index is 635. The second-order valence-corrected chi connectivity index (χ2v) is 7.23. The van der Waals surface area contributed by atoms with Crippen LogP contribution in [0.25, 0.3) is 5.78 Å². The SMILES string of the molecule is CC[C@@H](NC(=O)CSCCN1CCCC1)c1cn2cccnc2n1. The Balaban J connectivity index is 1.46. The fraction of sp³-hybridized carbons (Fsp3) is 0.588. The summed E-state index contributed by atoms with van der Waals surface area (Å²) in [6.45, 7) is 5.58. The van der Waals surface area contributed by atoms with Gasteiger partial charge in [0, 0.05) is 30.9 Å². The minimum Gasteiger partial charge on any atom is -0.347 e. The summed E-state index contributed by atoms with van der Waals surface area (Å²) < 4.78 is 1.88. The second-order valence-electron chi connectivity index (χ2n) is 6.12. The zero-order valence-electron chi connectivity index (χ0n) is 14.1. The van der Waals surface area contributed by atoms with E-state index in [4.69, 9.17) is 0 Å². The molecule has 1 aliphatic heterocycles. The van der Waals surface area contributed by atoms with Crippen molar-refractivity contribution in [2.75, 3.05) is 31.1 Å². The van der Waals surface area contributed by atoms with Gasteiger partial charge in [-0.2, -0.15) is 11.8 Å². The lowest BCUT2D eigenvalue weighted by molar-refractivity contribution is -0.119. The van der Waals surface area contributed by atoms with Crippen molar-refractivity contribution in [2.45, 2.75) is 32.2 Å². The van der Waals surface area contributed by atoms with Gasteiger partial charge in [-0.05, 0) is 38.4 Å². The molecule has 0 radical (unpaired) electrons. The van der Waals surface area contributed by atoms with Crippen molar-refractivity contribution in [1.29, 1.82) is 0 Å². The van der Waals surface area contributed by atoms with Crippen LogP contribution in [0.3, 0.4) is 0 Å². The predicted octanol–water partition coefficient (Wildman–Crippen LogP) is 2.13. The highest BCUT2D eigenvalue weighted by Crippen LogP contribution is 2.16. The number of likely N-dealkylation sites (tertiary alicyclic amines) is 1. The Hall–Kier alpha value is -1.60. The van der Waals surface area contributed by atoms with E-state index in [9.17, 15) is 4.79 Å². The molecule has 1 atom stereocenters. The molecule has 1 amide bonds. The minimum absolute atomic E-state index is 0.0571. The van der Waals surface area contributed by atoms with Gasteiger partial charge in [-0.25, -0.2) is 9.97 Å².